The molecule has 0 spiro atoms. The van der Waals surface area contributed by atoms with E-state index >= 15 is 0 Å². The molecule has 0 bridgehead atoms. The lowest BCUT2D eigenvalue weighted by Gasteiger charge is -2.01. The number of anilines is 1. The third kappa shape index (κ3) is 1.35. The van der Waals surface area contributed by atoms with Crippen molar-refractivity contribution in [2.24, 2.45) is 0 Å². The summed E-state index contributed by atoms with van der Waals surface area (Å²) in [6.45, 7) is 0. The number of aromatic nitrogens is 3. The van der Waals surface area contributed by atoms with E-state index in [9.17, 15) is 4.39 Å². The summed E-state index contributed by atoms with van der Waals surface area (Å²) in [5.41, 5.74) is 6.11. The minimum absolute atomic E-state index is 0.136. The Bertz CT molecular complexity index is 410. The fraction of sp³-hybridized carbons (Fsp3) is 0. The first-order valence-electron chi connectivity index (χ1n) is 3.67. The van der Waals surface area contributed by atoms with Gasteiger partial charge in [0.2, 0.25) is 0 Å². The first-order chi connectivity index (χ1) is 6.27. The Balaban J connectivity index is 2.49. The highest BCUT2D eigenvalue weighted by Crippen LogP contribution is 2.14. The van der Waals surface area contributed by atoms with Crippen LogP contribution >= 0.6 is 0 Å². The molecule has 0 fully saturated rings. The van der Waals surface area contributed by atoms with Crippen molar-refractivity contribution in [2.75, 3.05) is 5.73 Å². The fourth-order valence-electron chi connectivity index (χ4n) is 1.01. The Morgan fingerprint density at radius 2 is 1.92 bits per heavy atom. The van der Waals surface area contributed by atoms with Crippen molar-refractivity contribution in [1.82, 2.24) is 14.8 Å². The van der Waals surface area contributed by atoms with E-state index in [-0.39, 0.29) is 5.69 Å². The highest BCUT2D eigenvalue weighted by Gasteiger charge is 2.00. The van der Waals surface area contributed by atoms with Gasteiger partial charge in [0.1, 0.15) is 18.5 Å². The van der Waals surface area contributed by atoms with Crippen LogP contribution in [0, 0.1) is 5.82 Å². The van der Waals surface area contributed by atoms with Crippen molar-refractivity contribution in [1.29, 1.82) is 0 Å². The number of hydrogen-bond donors (Lipinski definition) is 1. The smallest absolute Gasteiger partial charge is 0.148 e. The topological polar surface area (TPSA) is 56.7 Å². The molecule has 2 aromatic rings. The summed E-state index contributed by atoms with van der Waals surface area (Å²) < 4.78 is 14.6. The molecule has 0 amide bonds. The lowest BCUT2D eigenvalue weighted by molar-refractivity contribution is 0.631. The third-order valence-electron chi connectivity index (χ3n) is 1.70. The minimum atomic E-state index is -0.439. The lowest BCUT2D eigenvalue weighted by Crippen LogP contribution is -1.95. The molecule has 0 unspecified atom stereocenters. The van der Waals surface area contributed by atoms with Gasteiger partial charge in [0, 0.05) is 6.07 Å². The molecule has 2 N–H and O–H groups in total. The van der Waals surface area contributed by atoms with Crippen LogP contribution in [-0.2, 0) is 0 Å². The van der Waals surface area contributed by atoms with Crippen molar-refractivity contribution >= 4 is 5.69 Å². The molecule has 0 saturated carbocycles. The van der Waals surface area contributed by atoms with E-state index in [1.807, 2.05) is 0 Å². The Hall–Kier alpha value is -1.91. The summed E-state index contributed by atoms with van der Waals surface area (Å²) in [6.07, 6.45) is 2.98. The Kier molecular flexibility index (Phi) is 1.70. The van der Waals surface area contributed by atoms with Crippen LogP contribution in [-0.4, -0.2) is 14.8 Å². The zero-order valence-electron chi connectivity index (χ0n) is 6.68. The van der Waals surface area contributed by atoms with E-state index in [2.05, 4.69) is 10.2 Å². The zero-order chi connectivity index (χ0) is 9.26. The summed E-state index contributed by atoms with van der Waals surface area (Å²) >= 11 is 0. The average molecular weight is 178 g/mol. The van der Waals surface area contributed by atoms with E-state index in [0.29, 0.717) is 5.69 Å². The minimum Gasteiger partial charge on any atom is -0.396 e. The predicted octanol–water partition coefficient (Wildman–Crippen LogP) is 0.989. The summed E-state index contributed by atoms with van der Waals surface area (Å²) in [4.78, 5) is 0. The molecule has 4 nitrogen and oxygen atoms in total. The van der Waals surface area contributed by atoms with E-state index in [0.717, 1.165) is 0 Å². The van der Waals surface area contributed by atoms with Gasteiger partial charge in [-0.2, -0.15) is 0 Å². The molecule has 0 radical (unpaired) electrons. The first kappa shape index (κ1) is 7.72. The quantitative estimate of drug-likeness (QED) is 0.662. The van der Waals surface area contributed by atoms with Crippen LogP contribution in [0.2, 0.25) is 0 Å². The van der Waals surface area contributed by atoms with Crippen molar-refractivity contribution in [3.05, 3.63) is 36.7 Å². The van der Waals surface area contributed by atoms with Crippen LogP contribution in [0.4, 0.5) is 10.1 Å². The highest BCUT2D eigenvalue weighted by molar-refractivity contribution is 5.46. The van der Waals surface area contributed by atoms with E-state index in [4.69, 9.17) is 5.73 Å². The van der Waals surface area contributed by atoms with Crippen LogP contribution in [0.25, 0.3) is 5.69 Å². The summed E-state index contributed by atoms with van der Waals surface area (Å²) in [5, 5.41) is 7.22. The van der Waals surface area contributed by atoms with Crippen LogP contribution in [0.5, 0.6) is 0 Å². The fourth-order valence-corrected chi connectivity index (χ4v) is 1.01. The van der Waals surface area contributed by atoms with Crippen molar-refractivity contribution in [3.8, 4) is 5.69 Å². The number of halogens is 1. The van der Waals surface area contributed by atoms with Gasteiger partial charge in [-0.05, 0) is 12.1 Å². The standard InChI is InChI=1S/C8H7FN4/c9-7-3-6(1-2-8(7)10)13-4-11-12-5-13/h1-5H,10H2. The molecule has 0 atom stereocenters. The lowest BCUT2D eigenvalue weighted by atomic mass is 10.3. The maximum Gasteiger partial charge on any atom is 0.148 e. The summed E-state index contributed by atoms with van der Waals surface area (Å²) in [6, 6.07) is 4.53. The summed E-state index contributed by atoms with van der Waals surface area (Å²) in [5.74, 6) is -0.439. The van der Waals surface area contributed by atoms with Crippen molar-refractivity contribution in [3.63, 3.8) is 0 Å². The molecule has 1 aromatic carbocycles. The third-order valence-corrected chi connectivity index (χ3v) is 1.70. The van der Waals surface area contributed by atoms with Gasteiger partial charge in [-0.25, -0.2) is 4.39 Å². The van der Waals surface area contributed by atoms with E-state index in [1.54, 1.807) is 10.6 Å². The number of nitrogens with zero attached hydrogens (tertiary/aromatic N) is 3. The zero-order valence-corrected chi connectivity index (χ0v) is 6.68. The van der Waals surface area contributed by atoms with Crippen LogP contribution in [0.3, 0.4) is 0 Å². The molecular weight excluding hydrogens is 171 g/mol. The molecule has 1 aromatic heterocycles. The van der Waals surface area contributed by atoms with Gasteiger partial charge < -0.3 is 5.73 Å². The number of benzene rings is 1. The maximum absolute atomic E-state index is 13.0. The van der Waals surface area contributed by atoms with Gasteiger partial charge in [0.05, 0.1) is 11.4 Å². The second kappa shape index (κ2) is 2.85. The van der Waals surface area contributed by atoms with Gasteiger partial charge in [0.15, 0.2) is 0 Å². The second-order valence-corrected chi connectivity index (χ2v) is 2.57. The van der Waals surface area contributed by atoms with Crippen LogP contribution in [0.1, 0.15) is 0 Å². The molecule has 0 aliphatic heterocycles. The number of nitrogen functional groups attached to an aromatic ring is 1. The van der Waals surface area contributed by atoms with Gasteiger partial charge in [-0.1, -0.05) is 0 Å². The predicted molar refractivity (Wildman–Crippen MR) is 45.7 cm³/mol. The number of hydrogen-bond acceptors (Lipinski definition) is 3. The molecule has 2 rings (SSSR count). The second-order valence-electron chi connectivity index (χ2n) is 2.57. The normalized spacial score (nSPS) is 10.2. The number of rotatable bonds is 1. The monoisotopic (exact) mass is 178 g/mol. The Morgan fingerprint density at radius 1 is 1.23 bits per heavy atom. The largest absolute Gasteiger partial charge is 0.396 e. The van der Waals surface area contributed by atoms with Gasteiger partial charge in [-0.15, -0.1) is 10.2 Å². The van der Waals surface area contributed by atoms with Gasteiger partial charge in [-0.3, -0.25) is 4.57 Å². The molecule has 0 aliphatic carbocycles. The van der Waals surface area contributed by atoms with Crippen LogP contribution < -0.4 is 5.73 Å². The molecule has 0 aliphatic rings. The SMILES string of the molecule is Nc1ccc(-n2cnnc2)cc1F. The molecule has 1 heterocycles. The molecule has 5 heteroatoms. The molecule has 0 saturated heterocycles. The molecule has 13 heavy (non-hydrogen) atoms. The maximum atomic E-state index is 13.0. The first-order valence-corrected chi connectivity index (χ1v) is 3.67. The number of nitrogens with two attached hydrogens (primary N) is 1. The molecular formula is C8H7FN4. The van der Waals surface area contributed by atoms with E-state index in [1.165, 1.54) is 24.8 Å². The Morgan fingerprint density at radius 3 is 2.54 bits per heavy atom. The average Bonchev–Trinajstić information content (AvgIpc) is 2.62. The van der Waals surface area contributed by atoms with E-state index < -0.39 is 5.82 Å². The van der Waals surface area contributed by atoms with Gasteiger partial charge >= 0.3 is 0 Å². The molecule has 66 valence electrons. The van der Waals surface area contributed by atoms with Crippen molar-refractivity contribution < 1.29 is 4.39 Å². The van der Waals surface area contributed by atoms with Gasteiger partial charge in [0.25, 0.3) is 0 Å². The summed E-state index contributed by atoms with van der Waals surface area (Å²) in [7, 11) is 0. The van der Waals surface area contributed by atoms with Crippen molar-refractivity contribution in [2.45, 2.75) is 0 Å². The Labute approximate surface area is 73.8 Å². The highest BCUT2D eigenvalue weighted by atomic mass is 19.1. The van der Waals surface area contributed by atoms with Crippen LogP contribution in [0.15, 0.2) is 30.9 Å².